The third-order valence-corrected chi connectivity index (χ3v) is 6.06. The van der Waals surface area contributed by atoms with Crippen molar-refractivity contribution in [2.24, 2.45) is 5.92 Å². The van der Waals surface area contributed by atoms with Crippen molar-refractivity contribution in [2.45, 2.75) is 69.3 Å². The van der Waals surface area contributed by atoms with Crippen LogP contribution in [-0.2, 0) is 14.2 Å². The van der Waals surface area contributed by atoms with Crippen molar-refractivity contribution in [2.75, 3.05) is 13.2 Å². The number of hydrogen-bond donors (Lipinski definition) is 0. The molecule has 0 aromatic rings. The van der Waals surface area contributed by atoms with E-state index < -0.39 is 0 Å². The first-order valence-electron chi connectivity index (χ1n) is 8.50. The lowest BCUT2D eigenvalue weighted by Crippen LogP contribution is -2.16. The molecule has 0 spiro atoms. The van der Waals surface area contributed by atoms with Crippen LogP contribution in [0.1, 0.15) is 45.4 Å². The van der Waals surface area contributed by atoms with Crippen molar-refractivity contribution in [1.82, 2.24) is 0 Å². The van der Waals surface area contributed by atoms with Gasteiger partial charge in [0.1, 0.15) is 0 Å². The van der Waals surface area contributed by atoms with Gasteiger partial charge in [-0.05, 0) is 69.8 Å². The Morgan fingerprint density at radius 2 is 2.00 bits per heavy atom. The average Bonchev–Trinajstić information content (AvgIpc) is 3.12. The molecule has 2 rings (SSSR count). The highest BCUT2D eigenvalue weighted by molar-refractivity contribution is 14.1. The third-order valence-electron chi connectivity index (χ3n) is 4.60. The molecule has 5 heteroatoms. The van der Waals surface area contributed by atoms with Gasteiger partial charge in [-0.2, -0.15) is 0 Å². The molecule has 2 heterocycles. The molecule has 0 bridgehead atoms. The first-order chi connectivity index (χ1) is 11.0. The first kappa shape index (κ1) is 19.7. The summed E-state index contributed by atoms with van der Waals surface area (Å²) < 4.78 is 18.3. The van der Waals surface area contributed by atoms with E-state index in [0.717, 1.165) is 38.5 Å². The monoisotopic (exact) mass is 454 g/mol. The van der Waals surface area contributed by atoms with Gasteiger partial charge >= 0.3 is 0 Å². The van der Waals surface area contributed by atoms with E-state index >= 15 is 0 Å². The highest BCUT2D eigenvalue weighted by atomic mass is 127. The van der Waals surface area contributed by atoms with E-state index in [2.05, 4.69) is 42.7 Å². The van der Waals surface area contributed by atoms with Crippen LogP contribution < -0.4 is 0 Å². The van der Waals surface area contributed by atoms with Gasteiger partial charge in [-0.3, -0.25) is 0 Å². The molecule has 2 aliphatic heterocycles. The molecule has 0 unspecified atom stereocenters. The van der Waals surface area contributed by atoms with E-state index in [1.165, 1.54) is 9.15 Å². The van der Waals surface area contributed by atoms with Gasteiger partial charge in [-0.1, -0.05) is 20.1 Å². The summed E-state index contributed by atoms with van der Waals surface area (Å²) in [4.78, 5) is 0. The molecule has 132 valence electrons. The average molecular weight is 455 g/mol. The molecular weight excluding hydrogens is 427 g/mol. The van der Waals surface area contributed by atoms with E-state index in [4.69, 9.17) is 25.8 Å². The van der Waals surface area contributed by atoms with Crippen molar-refractivity contribution in [3.05, 3.63) is 22.3 Å². The Bertz CT molecular complexity index is 409. The fraction of sp³-hybridized carbons (Fsp3) is 0.778. The summed E-state index contributed by atoms with van der Waals surface area (Å²) in [7, 11) is 0. The quantitative estimate of drug-likeness (QED) is 0.272. The number of halogens is 2. The highest BCUT2D eigenvalue weighted by Crippen LogP contribution is 2.32. The molecule has 0 aliphatic carbocycles. The maximum Gasteiger partial charge on any atom is 0.157 e. The summed E-state index contributed by atoms with van der Waals surface area (Å²) in [6.07, 6.45) is 6.08. The van der Waals surface area contributed by atoms with E-state index in [9.17, 15) is 0 Å². The number of rotatable bonds is 9. The molecule has 23 heavy (non-hydrogen) atoms. The topological polar surface area (TPSA) is 27.7 Å². The second-order valence-electron chi connectivity index (χ2n) is 6.62. The Balaban J connectivity index is 1.65. The summed E-state index contributed by atoms with van der Waals surface area (Å²) in [5.74, 6) is 0.463. The zero-order valence-electron chi connectivity index (χ0n) is 13.9. The Kier molecular flexibility index (Phi) is 8.36. The van der Waals surface area contributed by atoms with Crippen molar-refractivity contribution in [3.8, 4) is 0 Å². The predicted octanol–water partition coefficient (Wildman–Crippen LogP) is 5.22. The van der Waals surface area contributed by atoms with Crippen LogP contribution in [0.2, 0.25) is 0 Å². The van der Waals surface area contributed by atoms with Gasteiger partial charge in [0, 0.05) is 11.8 Å². The van der Waals surface area contributed by atoms with Crippen molar-refractivity contribution in [1.29, 1.82) is 0 Å². The van der Waals surface area contributed by atoms with Crippen LogP contribution >= 0.6 is 34.2 Å². The maximum atomic E-state index is 6.47. The second-order valence-corrected chi connectivity index (χ2v) is 8.62. The molecule has 0 aromatic carbocycles. The van der Waals surface area contributed by atoms with Gasteiger partial charge in [0.15, 0.2) is 6.29 Å². The van der Waals surface area contributed by atoms with Gasteiger partial charge in [0.05, 0.1) is 25.4 Å². The van der Waals surface area contributed by atoms with E-state index in [0.29, 0.717) is 19.1 Å². The summed E-state index contributed by atoms with van der Waals surface area (Å²) in [5.41, 5.74) is 1.21. The molecule has 0 aromatic heterocycles. The van der Waals surface area contributed by atoms with Crippen LogP contribution in [0.25, 0.3) is 0 Å². The van der Waals surface area contributed by atoms with Crippen LogP contribution in [0.5, 0.6) is 0 Å². The van der Waals surface area contributed by atoms with Crippen molar-refractivity contribution < 1.29 is 14.2 Å². The van der Waals surface area contributed by atoms with Gasteiger partial charge in [-0.15, -0.1) is 11.6 Å². The molecule has 2 saturated heterocycles. The molecule has 4 atom stereocenters. The van der Waals surface area contributed by atoms with Crippen LogP contribution in [0.3, 0.4) is 0 Å². The Labute approximate surface area is 158 Å². The minimum Gasteiger partial charge on any atom is -0.370 e. The molecule has 0 amide bonds. The molecule has 0 N–H and O–H groups in total. The molecule has 0 radical (unpaired) electrons. The number of ether oxygens (including phenoxy) is 3. The molecular formula is C18H28ClIO3. The van der Waals surface area contributed by atoms with Crippen molar-refractivity contribution >= 4 is 34.2 Å². The SMILES string of the molecule is C=C(I)[C@H](C)C[C@@H](Cl)CC[C@@H]1O[C@@H](CCC2OCCO2)CC1=C. The molecule has 2 fully saturated rings. The smallest absolute Gasteiger partial charge is 0.157 e. The van der Waals surface area contributed by atoms with Crippen LogP contribution in [0.15, 0.2) is 22.3 Å². The Hall–Kier alpha value is 0.380. The van der Waals surface area contributed by atoms with Gasteiger partial charge in [0.2, 0.25) is 0 Å². The van der Waals surface area contributed by atoms with E-state index in [-0.39, 0.29) is 23.9 Å². The molecule has 0 saturated carbocycles. The number of allylic oxidation sites excluding steroid dienone is 1. The normalized spacial score (nSPS) is 28.2. The van der Waals surface area contributed by atoms with Crippen molar-refractivity contribution in [3.63, 3.8) is 0 Å². The lowest BCUT2D eigenvalue weighted by Gasteiger charge is -2.18. The van der Waals surface area contributed by atoms with E-state index in [1.807, 2.05) is 0 Å². The van der Waals surface area contributed by atoms with Gasteiger partial charge in [-0.25, -0.2) is 0 Å². The van der Waals surface area contributed by atoms with Crippen LogP contribution in [-0.4, -0.2) is 37.1 Å². The molecule has 2 aliphatic rings. The minimum absolute atomic E-state index is 0.0407. The van der Waals surface area contributed by atoms with E-state index in [1.54, 1.807) is 0 Å². The third kappa shape index (κ3) is 6.65. The summed E-state index contributed by atoms with van der Waals surface area (Å²) in [6.45, 7) is 11.8. The fourth-order valence-corrected chi connectivity index (χ4v) is 3.75. The second kappa shape index (κ2) is 9.76. The lowest BCUT2D eigenvalue weighted by molar-refractivity contribution is -0.0585. The van der Waals surface area contributed by atoms with Crippen LogP contribution in [0, 0.1) is 5.92 Å². The zero-order valence-corrected chi connectivity index (χ0v) is 16.9. The lowest BCUT2D eigenvalue weighted by atomic mass is 9.99. The molecule has 3 nitrogen and oxygen atoms in total. The largest absolute Gasteiger partial charge is 0.370 e. The maximum absolute atomic E-state index is 6.47. The first-order valence-corrected chi connectivity index (χ1v) is 10.0. The summed E-state index contributed by atoms with van der Waals surface area (Å²) in [6, 6.07) is 0. The summed E-state index contributed by atoms with van der Waals surface area (Å²) >= 11 is 8.75. The minimum atomic E-state index is -0.0407. The predicted molar refractivity (Wildman–Crippen MR) is 103 cm³/mol. The summed E-state index contributed by atoms with van der Waals surface area (Å²) in [5, 5.41) is 0.173. The zero-order chi connectivity index (χ0) is 16.8. The fourth-order valence-electron chi connectivity index (χ4n) is 3.10. The number of alkyl halides is 1. The number of hydrogen-bond acceptors (Lipinski definition) is 3. The van der Waals surface area contributed by atoms with Gasteiger partial charge < -0.3 is 14.2 Å². The Morgan fingerprint density at radius 3 is 2.65 bits per heavy atom. The Morgan fingerprint density at radius 1 is 1.30 bits per heavy atom. The highest BCUT2D eigenvalue weighted by Gasteiger charge is 2.30. The van der Waals surface area contributed by atoms with Gasteiger partial charge in [0.25, 0.3) is 0 Å². The standard InChI is InChI=1S/C18H28ClIO3/c1-12(14(3)20)10-15(19)4-6-17-13(2)11-16(23-17)5-7-18-21-8-9-22-18/h12,15-18H,2-11H2,1H3/t12-,15+,16+,17+/m1/s1. The van der Waals surface area contributed by atoms with Crippen LogP contribution in [0.4, 0.5) is 0 Å².